The first-order valence-electron chi connectivity index (χ1n) is 7.05. The summed E-state index contributed by atoms with van der Waals surface area (Å²) in [5.74, 6) is 0.683. The zero-order chi connectivity index (χ0) is 21.1. The molecule has 0 aliphatic heterocycles. The van der Waals surface area contributed by atoms with Crippen molar-refractivity contribution in [1.29, 1.82) is 0 Å². The average molecular weight is 499 g/mol. The van der Waals surface area contributed by atoms with Crippen LogP contribution in [-0.4, -0.2) is 34.7 Å². The van der Waals surface area contributed by atoms with E-state index in [-0.39, 0.29) is 4.49 Å². The minimum atomic E-state index is -3.48. The van der Waals surface area contributed by atoms with Crippen molar-refractivity contribution in [2.75, 3.05) is 34.7 Å². The quantitative estimate of drug-likeness (QED) is 0.221. The van der Waals surface area contributed by atoms with Gasteiger partial charge in [-0.1, -0.05) is 23.2 Å². The van der Waals surface area contributed by atoms with Crippen molar-refractivity contribution in [2.24, 2.45) is 0 Å². The minimum Gasteiger partial charge on any atom is -0.424 e. The van der Waals surface area contributed by atoms with Crippen LogP contribution in [0, 0.1) is 6.92 Å². The van der Waals surface area contributed by atoms with Crippen molar-refractivity contribution < 1.29 is 31.7 Å². The second-order valence-corrected chi connectivity index (χ2v) is 11.2. The summed E-state index contributed by atoms with van der Waals surface area (Å²) in [6, 6.07) is 5.81. The fraction of sp³-hybridized carbons (Fsp3) is 0.429. The molecular formula is C14H22Cl2O7P2S2. The van der Waals surface area contributed by atoms with Crippen molar-refractivity contribution in [3.05, 3.63) is 34.5 Å². The van der Waals surface area contributed by atoms with E-state index in [1.54, 1.807) is 11.8 Å². The first kappa shape index (κ1) is 27.2. The van der Waals surface area contributed by atoms with Gasteiger partial charge in [-0.15, -0.1) is 11.8 Å². The van der Waals surface area contributed by atoms with Crippen molar-refractivity contribution in [2.45, 2.75) is 11.8 Å². The molecule has 0 unspecified atom stereocenters. The van der Waals surface area contributed by atoms with E-state index >= 15 is 0 Å². The molecule has 156 valence electrons. The Labute approximate surface area is 179 Å². The highest BCUT2D eigenvalue weighted by molar-refractivity contribution is 8.07. The number of thioether (sulfide) groups is 1. The van der Waals surface area contributed by atoms with E-state index in [0.29, 0.717) is 5.75 Å². The highest BCUT2D eigenvalue weighted by Crippen LogP contribution is 2.49. The summed E-state index contributed by atoms with van der Waals surface area (Å²) < 4.78 is 39.8. The Morgan fingerprint density at radius 2 is 1.67 bits per heavy atom. The molecule has 0 saturated carbocycles. The second kappa shape index (κ2) is 13.4. The van der Waals surface area contributed by atoms with E-state index in [1.165, 1.54) is 33.3 Å². The molecule has 0 aliphatic carbocycles. The molecule has 0 atom stereocenters. The third kappa shape index (κ3) is 10.5. The van der Waals surface area contributed by atoms with Gasteiger partial charge in [0.2, 0.25) is 0 Å². The van der Waals surface area contributed by atoms with Crippen LogP contribution >= 0.6 is 49.5 Å². The molecule has 13 heteroatoms. The molecule has 0 saturated heterocycles. The lowest BCUT2D eigenvalue weighted by Gasteiger charge is -2.18. The van der Waals surface area contributed by atoms with Gasteiger partial charge in [0.05, 0.1) is 0 Å². The van der Waals surface area contributed by atoms with Gasteiger partial charge in [-0.2, -0.15) is 0 Å². The van der Waals surface area contributed by atoms with Crippen molar-refractivity contribution in [3.8, 4) is 5.75 Å². The monoisotopic (exact) mass is 498 g/mol. The molecule has 0 N–H and O–H groups in total. The molecule has 0 spiro atoms. The van der Waals surface area contributed by atoms with Crippen LogP contribution in [0.5, 0.6) is 5.75 Å². The maximum Gasteiger partial charge on any atom is 0.529 e. The highest BCUT2D eigenvalue weighted by Gasteiger charge is 2.22. The molecule has 0 heterocycles. The third-order valence-electron chi connectivity index (χ3n) is 2.75. The van der Waals surface area contributed by atoms with E-state index in [1.807, 2.05) is 31.4 Å². The molecular weight excluding hydrogens is 477 g/mol. The third-order valence-corrected chi connectivity index (χ3v) is 7.53. The average Bonchev–Trinajstić information content (AvgIpc) is 2.66. The maximum atomic E-state index is 11.0. The molecule has 0 fully saturated rings. The van der Waals surface area contributed by atoms with Crippen LogP contribution in [0.4, 0.5) is 0 Å². The Hall–Kier alpha value is 0.210. The number of hydrogen-bond donors (Lipinski definition) is 0. The van der Waals surface area contributed by atoms with Gasteiger partial charge in [-0.05, 0) is 36.9 Å². The van der Waals surface area contributed by atoms with Gasteiger partial charge < -0.3 is 18.1 Å². The van der Waals surface area contributed by atoms with Crippen LogP contribution in [0.2, 0.25) is 0 Å². The van der Waals surface area contributed by atoms with E-state index in [4.69, 9.17) is 48.6 Å². The van der Waals surface area contributed by atoms with Crippen LogP contribution in [0.1, 0.15) is 5.56 Å². The number of phosphoric acid groups is 1. The maximum absolute atomic E-state index is 11.0. The molecule has 27 heavy (non-hydrogen) atoms. The number of phosphoric ester groups is 1. The van der Waals surface area contributed by atoms with E-state index in [2.05, 4.69) is 13.6 Å². The van der Waals surface area contributed by atoms with Gasteiger partial charge in [-0.3, -0.25) is 9.05 Å². The highest BCUT2D eigenvalue weighted by atomic mass is 35.5. The zero-order valence-corrected chi connectivity index (χ0v) is 20.6. The van der Waals surface area contributed by atoms with Crippen molar-refractivity contribution >= 4 is 61.3 Å². The normalized spacial score (nSPS) is 11.3. The van der Waals surface area contributed by atoms with E-state index < -0.39 is 14.5 Å². The summed E-state index contributed by atoms with van der Waals surface area (Å²) in [6.07, 6.45) is 2.91. The van der Waals surface area contributed by atoms with E-state index in [0.717, 1.165) is 11.8 Å². The first-order chi connectivity index (χ1) is 12.6. The molecule has 0 aromatic heterocycles. The summed E-state index contributed by atoms with van der Waals surface area (Å²) in [6.45, 7) is -0.590. The zero-order valence-electron chi connectivity index (χ0n) is 15.6. The van der Waals surface area contributed by atoms with Crippen molar-refractivity contribution in [3.63, 3.8) is 0 Å². The SMILES string of the molecule is COP(=O)(OC)OC=C(Cl)Cl.COP(=S)(OC)Oc1ccc(SC)c(C)c1. The predicted molar refractivity (Wildman–Crippen MR) is 114 cm³/mol. The first-order valence-corrected chi connectivity index (χ1v) is 13.0. The summed E-state index contributed by atoms with van der Waals surface area (Å²) in [7, 11) is 1.87. The van der Waals surface area contributed by atoms with Crippen LogP contribution in [-0.2, 0) is 39.0 Å². The lowest BCUT2D eigenvalue weighted by atomic mass is 10.2. The lowest BCUT2D eigenvalue weighted by Crippen LogP contribution is -1.97. The number of hydrogen-bond acceptors (Lipinski definition) is 9. The Morgan fingerprint density at radius 1 is 1.11 bits per heavy atom. The molecule has 0 amide bonds. The number of rotatable bonds is 9. The molecule has 0 aliphatic rings. The standard InChI is InChI=1S/C10H15O3PS2.C4H7Cl2O4P/c1-8-7-9(5-6-10(8)16-4)13-14(15,11-2)12-3;1-8-11(7,9-2)10-3-4(5)6/h5-7H,1-4H3;3H,1-2H3. The fourth-order valence-corrected chi connectivity index (χ4v) is 3.73. The topological polar surface area (TPSA) is 72.5 Å². The van der Waals surface area contributed by atoms with Crippen molar-refractivity contribution in [1.82, 2.24) is 0 Å². The van der Waals surface area contributed by atoms with Gasteiger partial charge in [0, 0.05) is 45.1 Å². The van der Waals surface area contributed by atoms with Gasteiger partial charge >= 0.3 is 14.5 Å². The summed E-state index contributed by atoms with van der Waals surface area (Å²) in [4.78, 5) is 1.22. The molecule has 1 rings (SSSR count). The Kier molecular flexibility index (Phi) is 13.5. The molecule has 1 aromatic rings. The van der Waals surface area contributed by atoms with Crippen LogP contribution in [0.15, 0.2) is 33.8 Å². The van der Waals surface area contributed by atoms with Crippen LogP contribution in [0.3, 0.4) is 0 Å². The van der Waals surface area contributed by atoms with Crippen LogP contribution in [0.25, 0.3) is 0 Å². The molecule has 7 nitrogen and oxygen atoms in total. The molecule has 0 bridgehead atoms. The minimum absolute atomic E-state index is 0.167. The summed E-state index contributed by atoms with van der Waals surface area (Å²) in [5, 5.41) is 0. The van der Waals surface area contributed by atoms with E-state index in [9.17, 15) is 4.57 Å². The largest absolute Gasteiger partial charge is 0.529 e. The van der Waals surface area contributed by atoms with Crippen LogP contribution < -0.4 is 4.52 Å². The number of aryl methyl sites for hydroxylation is 1. The summed E-state index contributed by atoms with van der Waals surface area (Å²) in [5.41, 5.74) is 1.15. The summed E-state index contributed by atoms with van der Waals surface area (Å²) >= 11 is 17.2. The molecule has 1 aromatic carbocycles. The Bertz CT molecular complexity index is 699. The lowest BCUT2D eigenvalue weighted by molar-refractivity contribution is 0.194. The van der Waals surface area contributed by atoms with Gasteiger partial charge in [-0.25, -0.2) is 4.57 Å². The van der Waals surface area contributed by atoms with Gasteiger partial charge in [0.1, 0.15) is 16.5 Å². The Morgan fingerprint density at radius 3 is 2.04 bits per heavy atom. The van der Waals surface area contributed by atoms with Gasteiger partial charge in [0.15, 0.2) is 0 Å². The number of halogens is 2. The smallest absolute Gasteiger partial charge is 0.424 e. The number of benzene rings is 1. The Balaban J connectivity index is 0.000000541. The molecule has 0 radical (unpaired) electrons. The fourth-order valence-electron chi connectivity index (χ4n) is 1.45. The second-order valence-electron chi connectivity index (χ2n) is 4.36. The van der Waals surface area contributed by atoms with Gasteiger partial charge in [0.25, 0.3) is 0 Å². The predicted octanol–water partition coefficient (Wildman–Crippen LogP) is 6.29.